The van der Waals surface area contributed by atoms with Crippen molar-refractivity contribution < 1.29 is 5.11 Å². The first-order valence-corrected chi connectivity index (χ1v) is 5.15. The Kier molecular flexibility index (Phi) is 1.25. The van der Waals surface area contributed by atoms with E-state index in [0.29, 0.717) is 12.0 Å². The van der Waals surface area contributed by atoms with E-state index in [4.69, 9.17) is 0 Å². The SMILES string of the molecule is OC[C@]12CCCN1CC1(CC1)C2. The van der Waals surface area contributed by atoms with Crippen LogP contribution in [0.5, 0.6) is 0 Å². The third-order valence-corrected chi connectivity index (χ3v) is 4.22. The Balaban J connectivity index is 1.88. The van der Waals surface area contributed by atoms with Gasteiger partial charge in [-0.05, 0) is 44.1 Å². The summed E-state index contributed by atoms with van der Waals surface area (Å²) in [5, 5.41) is 9.45. The maximum absolute atomic E-state index is 9.45. The fourth-order valence-electron chi connectivity index (χ4n) is 3.35. The number of aliphatic hydroxyl groups is 1. The molecule has 1 N–H and O–H groups in total. The van der Waals surface area contributed by atoms with Crippen molar-refractivity contribution in [1.82, 2.24) is 4.90 Å². The molecule has 3 fully saturated rings. The van der Waals surface area contributed by atoms with E-state index in [1.54, 1.807) is 0 Å². The maximum atomic E-state index is 9.45. The van der Waals surface area contributed by atoms with Gasteiger partial charge in [0.05, 0.1) is 6.61 Å². The molecular weight excluding hydrogens is 150 g/mol. The van der Waals surface area contributed by atoms with Gasteiger partial charge < -0.3 is 5.11 Å². The van der Waals surface area contributed by atoms with E-state index in [2.05, 4.69) is 4.90 Å². The normalized spacial score (nSPS) is 43.8. The van der Waals surface area contributed by atoms with Crippen molar-refractivity contribution in [3.05, 3.63) is 0 Å². The number of rotatable bonds is 1. The van der Waals surface area contributed by atoms with Crippen LogP contribution in [0.25, 0.3) is 0 Å². The minimum atomic E-state index is 0.233. The number of hydrogen-bond donors (Lipinski definition) is 1. The van der Waals surface area contributed by atoms with Crippen molar-refractivity contribution in [2.75, 3.05) is 19.7 Å². The zero-order valence-electron chi connectivity index (χ0n) is 7.55. The van der Waals surface area contributed by atoms with Crippen molar-refractivity contribution in [3.8, 4) is 0 Å². The highest BCUT2D eigenvalue weighted by Crippen LogP contribution is 2.60. The van der Waals surface area contributed by atoms with E-state index in [-0.39, 0.29) is 5.54 Å². The van der Waals surface area contributed by atoms with Gasteiger partial charge in [-0.2, -0.15) is 0 Å². The predicted octanol–water partition coefficient (Wildman–Crippen LogP) is 0.997. The average Bonchev–Trinajstić information content (AvgIpc) is 2.53. The molecule has 0 radical (unpaired) electrons. The quantitative estimate of drug-likeness (QED) is 0.629. The van der Waals surface area contributed by atoms with Gasteiger partial charge in [0.15, 0.2) is 0 Å². The molecular formula is C10H17NO. The molecule has 1 spiro atoms. The topological polar surface area (TPSA) is 23.5 Å². The molecule has 0 unspecified atom stereocenters. The van der Waals surface area contributed by atoms with E-state index >= 15 is 0 Å². The average molecular weight is 167 g/mol. The maximum Gasteiger partial charge on any atom is 0.0615 e. The largest absolute Gasteiger partial charge is 0.394 e. The summed E-state index contributed by atoms with van der Waals surface area (Å²) >= 11 is 0. The monoisotopic (exact) mass is 167 g/mol. The molecule has 2 nitrogen and oxygen atoms in total. The Bertz CT molecular complexity index is 212. The highest BCUT2D eigenvalue weighted by molar-refractivity contribution is 5.13. The smallest absolute Gasteiger partial charge is 0.0615 e. The molecule has 2 heteroatoms. The van der Waals surface area contributed by atoms with Crippen LogP contribution in [0.1, 0.15) is 32.1 Å². The van der Waals surface area contributed by atoms with Gasteiger partial charge in [-0.3, -0.25) is 4.90 Å². The van der Waals surface area contributed by atoms with Crippen LogP contribution < -0.4 is 0 Å². The first-order chi connectivity index (χ1) is 5.79. The summed E-state index contributed by atoms with van der Waals surface area (Å²) in [7, 11) is 0. The first kappa shape index (κ1) is 7.34. The number of fused-ring (bicyclic) bond motifs is 1. The van der Waals surface area contributed by atoms with Crippen molar-refractivity contribution in [1.29, 1.82) is 0 Å². The fraction of sp³-hybridized carbons (Fsp3) is 1.00. The van der Waals surface area contributed by atoms with Crippen molar-refractivity contribution >= 4 is 0 Å². The molecule has 3 rings (SSSR count). The Morgan fingerprint density at radius 1 is 1.25 bits per heavy atom. The number of hydrogen-bond acceptors (Lipinski definition) is 2. The van der Waals surface area contributed by atoms with Crippen LogP contribution in [0.2, 0.25) is 0 Å². The van der Waals surface area contributed by atoms with Crippen molar-refractivity contribution in [2.45, 2.75) is 37.6 Å². The lowest BCUT2D eigenvalue weighted by Gasteiger charge is -2.29. The third kappa shape index (κ3) is 0.775. The Labute approximate surface area is 73.6 Å². The van der Waals surface area contributed by atoms with Gasteiger partial charge in [-0.1, -0.05) is 0 Å². The highest BCUT2D eigenvalue weighted by Gasteiger charge is 2.59. The first-order valence-electron chi connectivity index (χ1n) is 5.15. The summed E-state index contributed by atoms with van der Waals surface area (Å²) < 4.78 is 0. The van der Waals surface area contributed by atoms with Crippen LogP contribution in [0.3, 0.4) is 0 Å². The van der Waals surface area contributed by atoms with Gasteiger partial charge in [0.1, 0.15) is 0 Å². The Morgan fingerprint density at radius 3 is 2.67 bits per heavy atom. The van der Waals surface area contributed by atoms with E-state index in [9.17, 15) is 5.11 Å². The summed E-state index contributed by atoms with van der Waals surface area (Å²) in [6.07, 6.45) is 6.68. The molecule has 2 saturated heterocycles. The lowest BCUT2D eigenvalue weighted by atomic mass is 9.89. The second kappa shape index (κ2) is 2.05. The van der Waals surface area contributed by atoms with Crippen LogP contribution in [0.4, 0.5) is 0 Å². The van der Waals surface area contributed by atoms with Gasteiger partial charge in [-0.15, -0.1) is 0 Å². The van der Waals surface area contributed by atoms with Gasteiger partial charge in [0.2, 0.25) is 0 Å². The molecule has 0 aromatic rings. The minimum absolute atomic E-state index is 0.233. The van der Waals surface area contributed by atoms with Crippen LogP contribution in [0, 0.1) is 5.41 Å². The zero-order valence-corrected chi connectivity index (χ0v) is 7.55. The van der Waals surface area contributed by atoms with Gasteiger partial charge in [0.25, 0.3) is 0 Å². The summed E-state index contributed by atoms with van der Waals surface area (Å²) in [5.41, 5.74) is 0.902. The summed E-state index contributed by atoms with van der Waals surface area (Å²) in [6.45, 7) is 2.92. The molecule has 3 aliphatic rings. The van der Waals surface area contributed by atoms with Crippen LogP contribution >= 0.6 is 0 Å². The van der Waals surface area contributed by atoms with Crippen molar-refractivity contribution in [2.24, 2.45) is 5.41 Å². The highest BCUT2D eigenvalue weighted by atomic mass is 16.3. The molecule has 68 valence electrons. The van der Waals surface area contributed by atoms with E-state index in [1.165, 1.54) is 45.2 Å². The number of nitrogens with zero attached hydrogens (tertiary/aromatic N) is 1. The standard InChI is InChI=1S/C10H17NO/c12-8-10-2-1-5-11(10)7-9(6-10)3-4-9/h12H,1-8H2/t10-/m1/s1. The molecule has 0 bridgehead atoms. The summed E-state index contributed by atoms with van der Waals surface area (Å²) in [4.78, 5) is 2.56. The zero-order chi connectivity index (χ0) is 8.23. The second-order valence-electron chi connectivity index (χ2n) is 5.08. The second-order valence-corrected chi connectivity index (χ2v) is 5.08. The van der Waals surface area contributed by atoms with Crippen LogP contribution in [-0.2, 0) is 0 Å². The molecule has 0 aromatic heterocycles. The lowest BCUT2D eigenvalue weighted by Crippen LogP contribution is -2.41. The van der Waals surface area contributed by atoms with Crippen LogP contribution in [-0.4, -0.2) is 35.2 Å². The Morgan fingerprint density at radius 2 is 2.08 bits per heavy atom. The fourth-order valence-corrected chi connectivity index (χ4v) is 3.35. The van der Waals surface area contributed by atoms with Gasteiger partial charge >= 0.3 is 0 Å². The molecule has 1 atom stereocenters. The predicted molar refractivity (Wildman–Crippen MR) is 46.9 cm³/mol. The van der Waals surface area contributed by atoms with E-state index < -0.39 is 0 Å². The molecule has 0 amide bonds. The molecule has 12 heavy (non-hydrogen) atoms. The van der Waals surface area contributed by atoms with Crippen LogP contribution in [0.15, 0.2) is 0 Å². The number of aliphatic hydroxyl groups excluding tert-OH is 1. The third-order valence-electron chi connectivity index (χ3n) is 4.22. The van der Waals surface area contributed by atoms with Crippen molar-refractivity contribution in [3.63, 3.8) is 0 Å². The van der Waals surface area contributed by atoms with Gasteiger partial charge in [-0.25, -0.2) is 0 Å². The molecule has 2 aliphatic heterocycles. The van der Waals surface area contributed by atoms with E-state index in [1.807, 2.05) is 0 Å². The molecule has 2 heterocycles. The summed E-state index contributed by atoms with van der Waals surface area (Å²) in [6, 6.07) is 0. The lowest BCUT2D eigenvalue weighted by molar-refractivity contribution is 0.0997. The molecule has 1 aliphatic carbocycles. The minimum Gasteiger partial charge on any atom is -0.394 e. The molecule has 0 aromatic carbocycles. The molecule has 1 saturated carbocycles. The Hall–Kier alpha value is -0.0800. The van der Waals surface area contributed by atoms with Gasteiger partial charge in [0, 0.05) is 12.1 Å². The van der Waals surface area contributed by atoms with E-state index in [0.717, 1.165) is 0 Å². The summed E-state index contributed by atoms with van der Waals surface area (Å²) in [5.74, 6) is 0.